The maximum atomic E-state index is 13.6. The van der Waals surface area contributed by atoms with E-state index in [0.717, 1.165) is 48.2 Å². The summed E-state index contributed by atoms with van der Waals surface area (Å²) in [5.74, 6) is 0.337. The van der Waals surface area contributed by atoms with Crippen LogP contribution in [0, 0.1) is 5.92 Å². The minimum Gasteiger partial charge on any atom is -0.383 e. The molecule has 1 aliphatic heterocycles. The number of ether oxygens (including phenoxy) is 1. The van der Waals surface area contributed by atoms with E-state index in [9.17, 15) is 9.59 Å². The van der Waals surface area contributed by atoms with Crippen LogP contribution in [0.4, 0.5) is 11.5 Å². The number of amides is 1. The molecule has 1 aliphatic rings. The van der Waals surface area contributed by atoms with Gasteiger partial charge >= 0.3 is 0 Å². The predicted molar refractivity (Wildman–Crippen MR) is 161 cm³/mol. The lowest BCUT2D eigenvalue weighted by atomic mass is 9.99. The Balaban J connectivity index is 1.30. The van der Waals surface area contributed by atoms with Crippen molar-refractivity contribution in [3.8, 4) is 22.3 Å². The summed E-state index contributed by atoms with van der Waals surface area (Å²) >= 11 is 6.09. The quantitative estimate of drug-likeness (QED) is 0.284. The molecule has 208 valence electrons. The smallest absolute Gasteiger partial charge is 0.261 e. The Bertz CT molecular complexity index is 1790. The lowest BCUT2D eigenvalue weighted by molar-refractivity contribution is 0.0612. The highest BCUT2D eigenvalue weighted by Crippen LogP contribution is 2.32. The molecular formula is C31H29ClN6O3. The molecule has 0 saturated carbocycles. The van der Waals surface area contributed by atoms with Crippen LogP contribution in [0.5, 0.6) is 0 Å². The van der Waals surface area contributed by atoms with Gasteiger partial charge in [-0.15, -0.1) is 0 Å². The number of carbonyl (C=O) groups is 1. The molecule has 1 amide bonds. The third-order valence-electron chi connectivity index (χ3n) is 7.53. The molecule has 0 radical (unpaired) electrons. The number of pyridine rings is 1. The second kappa shape index (κ2) is 11.2. The molecule has 10 heteroatoms. The van der Waals surface area contributed by atoms with Crippen LogP contribution in [-0.2, 0) is 18.3 Å². The molecule has 1 fully saturated rings. The van der Waals surface area contributed by atoms with Gasteiger partial charge < -0.3 is 24.9 Å². The molecule has 0 aliphatic carbocycles. The topological polar surface area (TPSA) is 117 Å². The molecular weight excluding hydrogens is 540 g/mol. The highest BCUT2D eigenvalue weighted by Gasteiger charge is 2.20. The fraction of sp³-hybridized carbons (Fsp3) is 0.226. The van der Waals surface area contributed by atoms with E-state index in [2.05, 4.69) is 15.3 Å². The molecule has 5 aromatic rings. The van der Waals surface area contributed by atoms with Crippen molar-refractivity contribution in [1.29, 1.82) is 0 Å². The van der Waals surface area contributed by atoms with Gasteiger partial charge in [0.2, 0.25) is 5.43 Å². The second-order valence-corrected chi connectivity index (χ2v) is 10.8. The molecule has 1 saturated heterocycles. The predicted octanol–water partition coefficient (Wildman–Crippen LogP) is 5.38. The number of rotatable bonds is 6. The maximum Gasteiger partial charge on any atom is 0.261 e. The first-order valence-corrected chi connectivity index (χ1v) is 13.8. The Morgan fingerprint density at radius 2 is 1.68 bits per heavy atom. The summed E-state index contributed by atoms with van der Waals surface area (Å²) in [5, 5.41) is 4.25. The zero-order valence-electron chi connectivity index (χ0n) is 22.5. The van der Waals surface area contributed by atoms with Gasteiger partial charge in [0.05, 0.1) is 5.39 Å². The Morgan fingerprint density at radius 1 is 1.00 bits per heavy atom. The highest BCUT2D eigenvalue weighted by atomic mass is 35.5. The lowest BCUT2D eigenvalue weighted by Gasteiger charge is -2.23. The van der Waals surface area contributed by atoms with E-state index in [0.29, 0.717) is 40.1 Å². The van der Waals surface area contributed by atoms with Crippen LogP contribution in [0.3, 0.4) is 0 Å². The van der Waals surface area contributed by atoms with Gasteiger partial charge in [-0.2, -0.15) is 0 Å². The summed E-state index contributed by atoms with van der Waals surface area (Å²) in [4.78, 5) is 35.5. The van der Waals surface area contributed by atoms with Gasteiger partial charge in [0.15, 0.2) is 0 Å². The fourth-order valence-corrected chi connectivity index (χ4v) is 5.47. The van der Waals surface area contributed by atoms with Crippen LogP contribution < -0.4 is 16.5 Å². The van der Waals surface area contributed by atoms with Gasteiger partial charge in [-0.3, -0.25) is 9.59 Å². The van der Waals surface area contributed by atoms with Gasteiger partial charge in [0.1, 0.15) is 23.4 Å². The fourth-order valence-electron chi connectivity index (χ4n) is 5.35. The molecule has 0 bridgehead atoms. The zero-order valence-corrected chi connectivity index (χ0v) is 23.3. The number of hydrogen-bond acceptors (Lipinski definition) is 6. The number of nitrogens with zero attached hydrogens (tertiary/aromatic N) is 4. The summed E-state index contributed by atoms with van der Waals surface area (Å²) in [5.41, 5.74) is 10.1. The summed E-state index contributed by atoms with van der Waals surface area (Å²) in [6.45, 7) is 2.13. The first kappa shape index (κ1) is 26.7. The molecule has 2 aromatic carbocycles. The number of benzene rings is 2. The van der Waals surface area contributed by atoms with Gasteiger partial charge in [0.25, 0.3) is 5.91 Å². The van der Waals surface area contributed by atoms with E-state index in [1.54, 1.807) is 42.6 Å². The largest absolute Gasteiger partial charge is 0.383 e. The first-order chi connectivity index (χ1) is 19.9. The van der Waals surface area contributed by atoms with Crippen LogP contribution in [-0.4, -0.2) is 38.2 Å². The van der Waals surface area contributed by atoms with E-state index in [1.165, 1.54) is 6.33 Å². The molecule has 0 spiro atoms. The van der Waals surface area contributed by atoms with Crippen LogP contribution in [0.1, 0.15) is 23.2 Å². The monoisotopic (exact) mass is 568 g/mol. The van der Waals surface area contributed by atoms with Gasteiger partial charge in [-0.05, 0) is 54.2 Å². The molecule has 4 heterocycles. The van der Waals surface area contributed by atoms with Crippen LogP contribution in [0.15, 0.2) is 78.2 Å². The number of nitrogens with two attached hydrogens (primary N) is 1. The van der Waals surface area contributed by atoms with Crippen molar-refractivity contribution >= 4 is 40.0 Å². The summed E-state index contributed by atoms with van der Waals surface area (Å²) in [7, 11) is 1.90. The summed E-state index contributed by atoms with van der Waals surface area (Å²) < 4.78 is 9.36. The molecule has 3 aromatic heterocycles. The number of hydrogen-bond donors (Lipinski definition) is 2. The van der Waals surface area contributed by atoms with Crippen molar-refractivity contribution in [2.24, 2.45) is 13.0 Å². The third-order valence-corrected chi connectivity index (χ3v) is 7.78. The van der Waals surface area contributed by atoms with Gasteiger partial charge in [0, 0.05) is 67.2 Å². The average Bonchev–Trinajstić information content (AvgIpc) is 3.32. The summed E-state index contributed by atoms with van der Waals surface area (Å²) in [6.07, 6.45) is 8.74. The van der Waals surface area contributed by atoms with E-state index in [-0.39, 0.29) is 11.0 Å². The molecule has 0 unspecified atom stereocenters. The van der Waals surface area contributed by atoms with Crippen LogP contribution in [0.2, 0.25) is 5.02 Å². The number of aromatic nitrogens is 4. The van der Waals surface area contributed by atoms with E-state index < -0.39 is 5.91 Å². The summed E-state index contributed by atoms with van der Waals surface area (Å²) in [6, 6.07) is 14.5. The van der Waals surface area contributed by atoms with E-state index >= 15 is 0 Å². The number of aryl methyl sites for hydroxylation is 1. The Hall–Kier alpha value is -4.47. The standard InChI is InChI=1S/C31H29ClN6O3/c1-37-15-24(27-29(33)34-18-35-30(27)37)20-4-8-23(9-5-20)36-31(40)26-17-38(14-19-10-12-41-13-11-19)16-25(28(26)39)21-2-6-22(32)7-3-21/h2-9,15-19H,10-14H2,1H3,(H,36,40)(H2,33,34,35). The lowest BCUT2D eigenvalue weighted by Crippen LogP contribution is -2.26. The van der Waals surface area contributed by atoms with Crippen molar-refractivity contribution in [3.05, 3.63) is 94.3 Å². The van der Waals surface area contributed by atoms with Crippen LogP contribution in [0.25, 0.3) is 33.3 Å². The Kier molecular flexibility index (Phi) is 7.30. The normalized spacial score (nSPS) is 13.9. The zero-order chi connectivity index (χ0) is 28.5. The number of nitrogens with one attached hydrogen (secondary N) is 1. The van der Waals surface area contributed by atoms with Gasteiger partial charge in [-0.25, -0.2) is 9.97 Å². The van der Waals surface area contributed by atoms with Crippen molar-refractivity contribution in [2.45, 2.75) is 19.4 Å². The number of fused-ring (bicyclic) bond motifs is 1. The molecule has 3 N–H and O–H groups in total. The SMILES string of the molecule is Cn1cc(-c2ccc(NC(=O)c3cn(CC4CCOCC4)cc(-c4ccc(Cl)cc4)c3=O)cc2)c2c(N)ncnc21. The van der Waals surface area contributed by atoms with Crippen molar-refractivity contribution in [3.63, 3.8) is 0 Å². The van der Waals surface area contributed by atoms with Gasteiger partial charge in [-0.1, -0.05) is 35.9 Å². The third kappa shape index (κ3) is 5.46. The second-order valence-electron chi connectivity index (χ2n) is 10.3. The van der Waals surface area contributed by atoms with Crippen molar-refractivity contribution in [1.82, 2.24) is 19.1 Å². The Labute approximate surface area is 241 Å². The number of carbonyl (C=O) groups excluding carboxylic acids is 1. The van der Waals surface area contributed by atoms with Crippen molar-refractivity contribution < 1.29 is 9.53 Å². The van der Waals surface area contributed by atoms with Crippen LogP contribution >= 0.6 is 11.6 Å². The minimum absolute atomic E-state index is 0.0764. The molecule has 9 nitrogen and oxygen atoms in total. The minimum atomic E-state index is -0.470. The first-order valence-electron chi connectivity index (χ1n) is 13.4. The maximum absolute atomic E-state index is 13.6. The van der Waals surface area contributed by atoms with Crippen molar-refractivity contribution in [2.75, 3.05) is 24.3 Å². The Morgan fingerprint density at radius 3 is 2.41 bits per heavy atom. The number of nitrogen functional groups attached to an aromatic ring is 1. The van der Waals surface area contributed by atoms with E-state index in [4.69, 9.17) is 22.1 Å². The molecule has 6 rings (SSSR count). The molecule has 0 atom stereocenters. The number of halogens is 1. The number of anilines is 2. The molecule has 41 heavy (non-hydrogen) atoms. The highest BCUT2D eigenvalue weighted by molar-refractivity contribution is 6.30. The average molecular weight is 569 g/mol. The van der Waals surface area contributed by atoms with E-state index in [1.807, 2.05) is 40.7 Å².